The zero-order valence-corrected chi connectivity index (χ0v) is 8.35. The Bertz CT molecular complexity index is 112. The molecular formula is C10H21N. The van der Waals surface area contributed by atoms with Crippen molar-refractivity contribution in [1.82, 2.24) is 4.90 Å². The lowest BCUT2D eigenvalue weighted by molar-refractivity contribution is 0.370. The van der Waals surface area contributed by atoms with Crippen LogP contribution in [0.2, 0.25) is 0 Å². The van der Waals surface area contributed by atoms with Crippen molar-refractivity contribution in [2.45, 2.75) is 40.5 Å². The summed E-state index contributed by atoms with van der Waals surface area (Å²) in [5.74, 6) is 0. The third kappa shape index (κ3) is 3.45. The molecule has 0 amide bonds. The van der Waals surface area contributed by atoms with Crippen LogP contribution < -0.4 is 0 Å². The Kier molecular flexibility index (Phi) is 6.00. The second kappa shape index (κ2) is 6.26. The molecule has 0 aliphatic carbocycles. The van der Waals surface area contributed by atoms with E-state index in [2.05, 4.69) is 38.7 Å². The minimum atomic E-state index is 1.14. The molecule has 0 aromatic heterocycles. The summed E-state index contributed by atoms with van der Waals surface area (Å²) in [6, 6.07) is 0. The van der Waals surface area contributed by atoms with Crippen LogP contribution in [0.5, 0.6) is 0 Å². The SMILES string of the molecule is CCC=C(CC)N(CC)CC. The van der Waals surface area contributed by atoms with E-state index in [0.717, 1.165) is 25.9 Å². The van der Waals surface area contributed by atoms with Crippen LogP contribution in [0, 0.1) is 0 Å². The molecule has 0 aliphatic rings. The molecule has 0 radical (unpaired) electrons. The summed E-state index contributed by atoms with van der Waals surface area (Å²) in [6.07, 6.45) is 4.64. The van der Waals surface area contributed by atoms with Crippen molar-refractivity contribution in [2.24, 2.45) is 0 Å². The predicted octanol–water partition coefficient (Wildman–Crippen LogP) is 3.03. The standard InChI is InChI=1S/C10H21N/c1-5-9-10(6-2)11(7-3)8-4/h9H,5-8H2,1-4H3. The van der Waals surface area contributed by atoms with E-state index in [4.69, 9.17) is 0 Å². The highest BCUT2D eigenvalue weighted by Gasteiger charge is 2.00. The molecule has 1 nitrogen and oxygen atoms in total. The molecule has 0 spiro atoms. The molecule has 0 aromatic carbocycles. The molecule has 0 N–H and O–H groups in total. The third-order valence-electron chi connectivity index (χ3n) is 1.97. The second-order valence-corrected chi connectivity index (χ2v) is 2.63. The zero-order chi connectivity index (χ0) is 8.69. The highest BCUT2D eigenvalue weighted by atomic mass is 15.1. The Labute approximate surface area is 71.1 Å². The van der Waals surface area contributed by atoms with E-state index in [9.17, 15) is 0 Å². The number of nitrogens with zero attached hydrogens (tertiary/aromatic N) is 1. The van der Waals surface area contributed by atoms with Crippen LogP contribution in [0.25, 0.3) is 0 Å². The van der Waals surface area contributed by atoms with E-state index in [1.807, 2.05) is 0 Å². The van der Waals surface area contributed by atoms with Gasteiger partial charge in [0.15, 0.2) is 0 Å². The lowest BCUT2D eigenvalue weighted by Gasteiger charge is -2.23. The second-order valence-electron chi connectivity index (χ2n) is 2.63. The van der Waals surface area contributed by atoms with E-state index >= 15 is 0 Å². The molecule has 0 rings (SSSR count). The van der Waals surface area contributed by atoms with Crippen LogP contribution in [0.1, 0.15) is 40.5 Å². The molecule has 0 fully saturated rings. The first-order valence-electron chi connectivity index (χ1n) is 4.73. The summed E-state index contributed by atoms with van der Waals surface area (Å²) < 4.78 is 0. The Morgan fingerprint density at radius 2 is 1.64 bits per heavy atom. The molecule has 0 atom stereocenters. The van der Waals surface area contributed by atoms with Crippen molar-refractivity contribution in [3.8, 4) is 0 Å². The van der Waals surface area contributed by atoms with Crippen LogP contribution in [0.4, 0.5) is 0 Å². The Balaban J connectivity index is 4.09. The Morgan fingerprint density at radius 3 is 1.91 bits per heavy atom. The molecule has 11 heavy (non-hydrogen) atoms. The quantitative estimate of drug-likeness (QED) is 0.590. The first kappa shape index (κ1) is 10.5. The number of hydrogen-bond donors (Lipinski definition) is 0. The van der Waals surface area contributed by atoms with Gasteiger partial charge in [-0.25, -0.2) is 0 Å². The van der Waals surface area contributed by atoms with Crippen molar-refractivity contribution in [1.29, 1.82) is 0 Å². The molecular weight excluding hydrogens is 134 g/mol. The fourth-order valence-electron chi connectivity index (χ4n) is 1.36. The summed E-state index contributed by atoms with van der Waals surface area (Å²) in [4.78, 5) is 2.42. The molecule has 0 aromatic rings. The van der Waals surface area contributed by atoms with Crippen molar-refractivity contribution in [3.63, 3.8) is 0 Å². The van der Waals surface area contributed by atoms with Gasteiger partial charge in [-0.2, -0.15) is 0 Å². The maximum Gasteiger partial charge on any atom is 0.0146 e. The van der Waals surface area contributed by atoms with Gasteiger partial charge >= 0.3 is 0 Å². The van der Waals surface area contributed by atoms with Gasteiger partial charge in [0.2, 0.25) is 0 Å². The lowest BCUT2D eigenvalue weighted by Crippen LogP contribution is -2.21. The highest BCUT2D eigenvalue weighted by Crippen LogP contribution is 2.08. The molecule has 0 saturated heterocycles. The van der Waals surface area contributed by atoms with Gasteiger partial charge < -0.3 is 4.90 Å². The van der Waals surface area contributed by atoms with Crippen molar-refractivity contribution < 1.29 is 0 Å². The maximum atomic E-state index is 2.42. The van der Waals surface area contributed by atoms with Gasteiger partial charge in [0.25, 0.3) is 0 Å². The average Bonchev–Trinajstić information content (AvgIpc) is 2.05. The van der Waals surface area contributed by atoms with Crippen LogP contribution in [0.3, 0.4) is 0 Å². The van der Waals surface area contributed by atoms with Crippen molar-refractivity contribution in [3.05, 3.63) is 11.8 Å². The summed E-state index contributed by atoms with van der Waals surface area (Å²) in [7, 11) is 0. The minimum absolute atomic E-state index is 1.14. The fraction of sp³-hybridized carbons (Fsp3) is 0.800. The topological polar surface area (TPSA) is 3.24 Å². The van der Waals surface area contributed by atoms with E-state index in [-0.39, 0.29) is 0 Å². The van der Waals surface area contributed by atoms with Gasteiger partial charge in [-0.05, 0) is 26.7 Å². The lowest BCUT2D eigenvalue weighted by atomic mass is 10.2. The van der Waals surface area contributed by atoms with Gasteiger partial charge in [-0.15, -0.1) is 0 Å². The highest BCUT2D eigenvalue weighted by molar-refractivity contribution is 4.99. The largest absolute Gasteiger partial charge is 0.376 e. The zero-order valence-electron chi connectivity index (χ0n) is 8.35. The van der Waals surface area contributed by atoms with Gasteiger partial charge in [-0.3, -0.25) is 0 Å². The fourth-order valence-corrected chi connectivity index (χ4v) is 1.36. The Morgan fingerprint density at radius 1 is 1.09 bits per heavy atom. The van der Waals surface area contributed by atoms with Crippen LogP contribution in [-0.4, -0.2) is 18.0 Å². The minimum Gasteiger partial charge on any atom is -0.376 e. The molecule has 0 bridgehead atoms. The Hall–Kier alpha value is -0.460. The summed E-state index contributed by atoms with van der Waals surface area (Å²) in [6.45, 7) is 11.1. The van der Waals surface area contributed by atoms with Gasteiger partial charge in [0.1, 0.15) is 0 Å². The predicted molar refractivity (Wildman–Crippen MR) is 51.6 cm³/mol. The van der Waals surface area contributed by atoms with E-state index in [0.29, 0.717) is 0 Å². The van der Waals surface area contributed by atoms with Crippen LogP contribution >= 0.6 is 0 Å². The first-order valence-corrected chi connectivity index (χ1v) is 4.73. The van der Waals surface area contributed by atoms with Gasteiger partial charge in [-0.1, -0.05) is 19.9 Å². The van der Waals surface area contributed by atoms with Crippen LogP contribution in [0.15, 0.2) is 11.8 Å². The molecule has 0 heterocycles. The summed E-state index contributed by atoms with van der Waals surface area (Å²) in [5, 5.41) is 0. The molecule has 66 valence electrons. The summed E-state index contributed by atoms with van der Waals surface area (Å²) in [5.41, 5.74) is 1.50. The van der Waals surface area contributed by atoms with Crippen molar-refractivity contribution >= 4 is 0 Å². The first-order chi connectivity index (χ1) is 5.29. The monoisotopic (exact) mass is 155 g/mol. The third-order valence-corrected chi connectivity index (χ3v) is 1.97. The van der Waals surface area contributed by atoms with Gasteiger partial charge in [0.05, 0.1) is 0 Å². The average molecular weight is 155 g/mol. The normalized spacial score (nSPS) is 11.8. The number of hydrogen-bond acceptors (Lipinski definition) is 1. The van der Waals surface area contributed by atoms with Crippen molar-refractivity contribution in [2.75, 3.05) is 13.1 Å². The van der Waals surface area contributed by atoms with Gasteiger partial charge in [0, 0.05) is 18.8 Å². The molecule has 0 aliphatic heterocycles. The van der Waals surface area contributed by atoms with E-state index in [1.54, 1.807) is 0 Å². The maximum absolute atomic E-state index is 2.42. The molecule has 1 heteroatoms. The number of rotatable bonds is 5. The number of allylic oxidation sites excluding steroid dienone is 2. The molecule has 0 unspecified atom stereocenters. The molecule has 0 saturated carbocycles. The van der Waals surface area contributed by atoms with E-state index < -0.39 is 0 Å². The van der Waals surface area contributed by atoms with Crippen LogP contribution in [-0.2, 0) is 0 Å². The van der Waals surface area contributed by atoms with E-state index in [1.165, 1.54) is 5.70 Å². The summed E-state index contributed by atoms with van der Waals surface area (Å²) >= 11 is 0. The smallest absolute Gasteiger partial charge is 0.0146 e.